The van der Waals surface area contributed by atoms with Crippen molar-refractivity contribution in [1.29, 1.82) is 0 Å². The molecule has 47 heavy (non-hydrogen) atoms. The molecule has 0 aliphatic carbocycles. The van der Waals surface area contributed by atoms with Gasteiger partial charge in [-0.1, -0.05) is 69.2 Å². The molecule has 0 aliphatic rings. The van der Waals surface area contributed by atoms with Gasteiger partial charge in [0.1, 0.15) is 0 Å². The minimum Gasteiger partial charge on any atom is -0.304 e. The molecule has 4 heterocycles. The maximum atomic E-state index is 4.60. The molecule has 0 atom stereocenters. The van der Waals surface area contributed by atoms with Crippen LogP contribution in [0.15, 0.2) is 97.3 Å². The van der Waals surface area contributed by atoms with E-state index in [0.717, 1.165) is 34.8 Å². The smallest absolute Gasteiger partial charge is 0.0192 e. The van der Waals surface area contributed by atoms with E-state index in [2.05, 4.69) is 141 Å². The molecule has 4 aromatic heterocycles. The Morgan fingerprint density at radius 2 is 1.45 bits per heavy atom. The second kappa shape index (κ2) is 14.6. The molecule has 0 bridgehead atoms. The Labute approximate surface area is 298 Å². The van der Waals surface area contributed by atoms with Gasteiger partial charge < -0.3 is 4.98 Å². The molecule has 0 fully saturated rings. The molecule has 0 saturated carbocycles. The van der Waals surface area contributed by atoms with Crippen molar-refractivity contribution in [2.45, 2.75) is 54.9 Å². The summed E-state index contributed by atoms with van der Waals surface area (Å²) < 4.78 is 2.83. The maximum absolute atomic E-state index is 4.60. The van der Waals surface area contributed by atoms with Crippen molar-refractivity contribution < 1.29 is 20.1 Å². The van der Waals surface area contributed by atoms with Gasteiger partial charge in [0.05, 0.1) is 0 Å². The van der Waals surface area contributed by atoms with Crippen LogP contribution in [0.25, 0.3) is 53.1 Å². The third kappa shape index (κ3) is 8.23. The van der Waals surface area contributed by atoms with E-state index in [4.69, 9.17) is 0 Å². The van der Waals surface area contributed by atoms with Crippen molar-refractivity contribution >= 4 is 33.8 Å². The minimum absolute atomic E-state index is 0. The number of aromatic nitrogens is 3. The average Bonchev–Trinajstić information content (AvgIpc) is 3.41. The molecule has 7 aromatic rings. The molecule has 0 spiro atoms. The van der Waals surface area contributed by atoms with Crippen LogP contribution in [0.4, 0.5) is 0 Å². The fourth-order valence-electron chi connectivity index (χ4n) is 5.58. The summed E-state index contributed by atoms with van der Waals surface area (Å²) in [5.41, 5.74) is 12.7. The number of fused-ring (bicyclic) bond motifs is 3. The van der Waals surface area contributed by atoms with E-state index >= 15 is 0 Å². The van der Waals surface area contributed by atoms with Gasteiger partial charge in [-0.3, -0.25) is 0 Å². The van der Waals surface area contributed by atoms with Crippen LogP contribution in [0.2, 0.25) is 0 Å². The van der Waals surface area contributed by atoms with Crippen molar-refractivity contribution in [3.8, 4) is 33.8 Å². The number of hydrogen-bond acceptors (Lipinski definition) is 3. The zero-order chi connectivity index (χ0) is 32.4. The quantitative estimate of drug-likeness (QED) is 0.131. The SMILES string of the molecule is Cc1cc[c-]c(-c2cc3[se]c4ccccc4c3cn2)n1.Cc1cnc(-c2[c-]cc(C)c(-c3ccc(CC(C)(C)C)cc3)c2)cc1C.[Ir]. The van der Waals surface area contributed by atoms with Gasteiger partial charge in [0.2, 0.25) is 0 Å². The van der Waals surface area contributed by atoms with Crippen LogP contribution in [0.1, 0.15) is 48.7 Å². The standard InChI is InChI=1S/C25H28N.C17H11N2Se.Ir/c1-17-7-10-22(24-13-18(2)19(3)16-26-24)14-23(17)21-11-8-20(9-12-21)15-25(4,5)6;1-11-5-4-7-14(19-11)15-9-17-13(10-18-15)12-6-2-3-8-16(12)20-17;/h7-9,11-14,16H,15H2,1-6H3;2-6,8-10H,1H3;/q2*-1;. The molecule has 0 unspecified atom stereocenters. The Morgan fingerprint density at radius 1 is 0.702 bits per heavy atom. The first kappa shape index (κ1) is 34.6. The predicted molar refractivity (Wildman–Crippen MR) is 194 cm³/mol. The number of rotatable bonds is 4. The molecule has 0 amide bonds. The molecule has 0 saturated heterocycles. The molecule has 3 aromatic carbocycles. The summed E-state index contributed by atoms with van der Waals surface area (Å²) in [6.45, 7) is 15.2. The Morgan fingerprint density at radius 3 is 2.17 bits per heavy atom. The third-order valence-electron chi connectivity index (χ3n) is 8.14. The Kier molecular flexibility index (Phi) is 10.7. The van der Waals surface area contributed by atoms with Crippen molar-refractivity contribution in [1.82, 2.24) is 15.0 Å². The number of pyridine rings is 3. The van der Waals surface area contributed by atoms with E-state index in [1.807, 2.05) is 31.5 Å². The van der Waals surface area contributed by atoms with Gasteiger partial charge in [0.15, 0.2) is 0 Å². The molecular weight excluding hydrogens is 818 g/mol. The predicted octanol–water partition coefficient (Wildman–Crippen LogP) is 10.3. The Hall–Kier alpha value is -3.72. The number of aryl methyl sites for hydroxylation is 4. The van der Waals surface area contributed by atoms with Gasteiger partial charge in [-0.25, -0.2) is 0 Å². The van der Waals surface area contributed by atoms with Crippen LogP contribution in [-0.2, 0) is 26.5 Å². The van der Waals surface area contributed by atoms with Crippen LogP contribution in [0.5, 0.6) is 0 Å². The molecule has 239 valence electrons. The fourth-order valence-corrected chi connectivity index (χ4v) is 7.92. The largest absolute Gasteiger partial charge is 0.304 e. The molecule has 3 nitrogen and oxygen atoms in total. The number of nitrogens with zero attached hydrogens (tertiary/aromatic N) is 3. The molecule has 5 heteroatoms. The average molecular weight is 857 g/mol. The molecule has 1 radical (unpaired) electrons. The summed E-state index contributed by atoms with van der Waals surface area (Å²) in [5.74, 6) is 0. The maximum Gasteiger partial charge on any atom is 0.0192 e. The van der Waals surface area contributed by atoms with E-state index < -0.39 is 0 Å². The van der Waals surface area contributed by atoms with Crippen LogP contribution < -0.4 is 0 Å². The van der Waals surface area contributed by atoms with E-state index in [1.54, 1.807) is 0 Å². The van der Waals surface area contributed by atoms with Gasteiger partial charge in [-0.2, -0.15) is 0 Å². The number of benzene rings is 3. The molecular formula is C42H39IrN3Se-2. The van der Waals surface area contributed by atoms with Crippen LogP contribution >= 0.6 is 0 Å². The van der Waals surface area contributed by atoms with Crippen molar-refractivity contribution in [3.05, 3.63) is 137 Å². The van der Waals surface area contributed by atoms with Crippen LogP contribution in [0.3, 0.4) is 0 Å². The Bertz CT molecular complexity index is 2160. The van der Waals surface area contributed by atoms with Crippen molar-refractivity contribution in [3.63, 3.8) is 0 Å². The Balaban J connectivity index is 0.000000186. The van der Waals surface area contributed by atoms with E-state index in [0.29, 0.717) is 19.9 Å². The van der Waals surface area contributed by atoms with Gasteiger partial charge in [0.25, 0.3) is 0 Å². The summed E-state index contributed by atoms with van der Waals surface area (Å²) >= 11 is 0.368. The first-order chi connectivity index (χ1) is 22.0. The van der Waals surface area contributed by atoms with E-state index in [-0.39, 0.29) is 20.1 Å². The summed E-state index contributed by atoms with van der Waals surface area (Å²) in [5, 5.41) is 2.61. The van der Waals surface area contributed by atoms with E-state index in [1.165, 1.54) is 52.7 Å². The van der Waals surface area contributed by atoms with Crippen molar-refractivity contribution in [2.24, 2.45) is 5.41 Å². The third-order valence-corrected chi connectivity index (χ3v) is 10.5. The zero-order valence-electron chi connectivity index (χ0n) is 28.0. The topological polar surface area (TPSA) is 38.7 Å². The summed E-state index contributed by atoms with van der Waals surface area (Å²) in [6.07, 6.45) is 5.02. The summed E-state index contributed by atoms with van der Waals surface area (Å²) in [4.78, 5) is 13.7. The van der Waals surface area contributed by atoms with E-state index in [9.17, 15) is 0 Å². The van der Waals surface area contributed by atoms with Crippen LogP contribution in [0, 0.1) is 45.2 Å². The molecule has 0 N–H and O–H groups in total. The van der Waals surface area contributed by atoms with Gasteiger partial charge in [0, 0.05) is 26.3 Å². The summed E-state index contributed by atoms with van der Waals surface area (Å²) in [6, 6.07) is 36.6. The second-order valence-corrected chi connectivity index (χ2v) is 15.5. The molecule has 7 rings (SSSR count). The number of hydrogen-bond donors (Lipinski definition) is 0. The molecule has 0 aliphatic heterocycles. The first-order valence-electron chi connectivity index (χ1n) is 15.7. The van der Waals surface area contributed by atoms with Gasteiger partial charge >= 0.3 is 122 Å². The first-order valence-corrected chi connectivity index (χ1v) is 17.4. The second-order valence-electron chi connectivity index (χ2n) is 13.3. The fraction of sp³-hybridized carbons (Fsp3) is 0.214. The van der Waals surface area contributed by atoms with Crippen LogP contribution in [-0.4, -0.2) is 29.5 Å². The normalized spacial score (nSPS) is 11.2. The van der Waals surface area contributed by atoms with Crippen molar-refractivity contribution in [2.75, 3.05) is 0 Å². The zero-order valence-corrected chi connectivity index (χ0v) is 32.1. The van der Waals surface area contributed by atoms with Gasteiger partial charge in [-0.15, -0.1) is 29.3 Å². The minimum atomic E-state index is 0. The van der Waals surface area contributed by atoms with Gasteiger partial charge in [-0.05, 0) is 48.1 Å². The summed E-state index contributed by atoms with van der Waals surface area (Å²) in [7, 11) is 0. The monoisotopic (exact) mass is 858 g/mol.